The highest BCUT2D eigenvalue weighted by Crippen LogP contribution is 2.33. The minimum absolute atomic E-state index is 0.0401. The molecule has 0 radical (unpaired) electrons. The van der Waals surface area contributed by atoms with Crippen LogP contribution in [-0.4, -0.2) is 11.4 Å². The van der Waals surface area contributed by atoms with Gasteiger partial charge in [0.25, 0.3) is 0 Å². The maximum atomic E-state index is 11.8. The summed E-state index contributed by atoms with van der Waals surface area (Å²) in [5.41, 5.74) is 0.567. The van der Waals surface area contributed by atoms with E-state index in [0.29, 0.717) is 23.3 Å². The first kappa shape index (κ1) is 9.72. The van der Waals surface area contributed by atoms with Gasteiger partial charge in [0.1, 0.15) is 11.4 Å². The predicted octanol–water partition coefficient (Wildman–Crippen LogP) is 2.30. The van der Waals surface area contributed by atoms with Crippen LogP contribution in [0.4, 0.5) is 0 Å². The van der Waals surface area contributed by atoms with Crippen LogP contribution in [0, 0.1) is 11.3 Å². The standard InChI is InChI=1S/C12H11NO2/c1-12(2)6-10(14)9-5-8(7-13)3-4-11(9)15-12/h3-5H,6H2,1-2H3. The quantitative estimate of drug-likeness (QED) is 0.647. The average Bonchev–Trinajstić information content (AvgIpc) is 2.15. The van der Waals surface area contributed by atoms with Crippen molar-refractivity contribution in [3.05, 3.63) is 29.3 Å². The number of fused-ring (bicyclic) bond motifs is 1. The smallest absolute Gasteiger partial charge is 0.170 e. The lowest BCUT2D eigenvalue weighted by atomic mass is 9.92. The van der Waals surface area contributed by atoms with E-state index in [-0.39, 0.29) is 5.78 Å². The maximum Gasteiger partial charge on any atom is 0.170 e. The molecular formula is C12H11NO2. The predicted molar refractivity (Wildman–Crippen MR) is 54.8 cm³/mol. The summed E-state index contributed by atoms with van der Waals surface area (Å²) in [6.07, 6.45) is 0.356. The van der Waals surface area contributed by atoms with Crippen LogP contribution < -0.4 is 4.74 Å². The first-order valence-electron chi connectivity index (χ1n) is 4.78. The Kier molecular flexibility index (Phi) is 2.01. The van der Waals surface area contributed by atoms with Crippen molar-refractivity contribution in [2.75, 3.05) is 0 Å². The summed E-state index contributed by atoms with van der Waals surface area (Å²) in [6, 6.07) is 6.95. The summed E-state index contributed by atoms with van der Waals surface area (Å²) in [5, 5.41) is 8.73. The average molecular weight is 201 g/mol. The number of nitriles is 1. The third kappa shape index (κ3) is 1.71. The molecule has 0 saturated heterocycles. The van der Waals surface area contributed by atoms with Gasteiger partial charge in [0, 0.05) is 0 Å². The van der Waals surface area contributed by atoms with Gasteiger partial charge in [-0.3, -0.25) is 4.79 Å². The molecule has 0 amide bonds. The normalized spacial score (nSPS) is 17.5. The summed E-state index contributed by atoms with van der Waals surface area (Å²) in [6.45, 7) is 3.76. The van der Waals surface area contributed by atoms with Crippen LogP contribution in [0.3, 0.4) is 0 Å². The fourth-order valence-electron chi connectivity index (χ4n) is 1.72. The topological polar surface area (TPSA) is 50.1 Å². The molecule has 1 heterocycles. The van der Waals surface area contributed by atoms with E-state index in [9.17, 15) is 4.79 Å². The second-order valence-corrected chi connectivity index (χ2v) is 4.28. The van der Waals surface area contributed by atoms with Gasteiger partial charge in [0.15, 0.2) is 5.78 Å². The number of carbonyl (C=O) groups excluding carboxylic acids is 1. The largest absolute Gasteiger partial charge is 0.487 e. The number of Topliss-reactive ketones (excluding diaryl/α,β-unsaturated/α-hetero) is 1. The number of hydrogen-bond acceptors (Lipinski definition) is 3. The molecular weight excluding hydrogens is 190 g/mol. The van der Waals surface area contributed by atoms with E-state index in [2.05, 4.69) is 0 Å². The molecule has 0 aliphatic carbocycles. The molecule has 76 valence electrons. The van der Waals surface area contributed by atoms with Gasteiger partial charge in [-0.1, -0.05) is 0 Å². The van der Waals surface area contributed by atoms with Crippen molar-refractivity contribution >= 4 is 5.78 Å². The molecule has 0 bridgehead atoms. The lowest BCUT2D eigenvalue weighted by molar-refractivity contribution is 0.0620. The van der Waals surface area contributed by atoms with Crippen molar-refractivity contribution in [2.45, 2.75) is 25.9 Å². The zero-order chi connectivity index (χ0) is 11.1. The third-order valence-corrected chi connectivity index (χ3v) is 2.38. The van der Waals surface area contributed by atoms with Gasteiger partial charge in [-0.15, -0.1) is 0 Å². The highest BCUT2D eigenvalue weighted by Gasteiger charge is 2.32. The van der Waals surface area contributed by atoms with E-state index in [0.717, 1.165) is 0 Å². The molecule has 0 saturated carbocycles. The summed E-state index contributed by atoms with van der Waals surface area (Å²) >= 11 is 0. The zero-order valence-corrected chi connectivity index (χ0v) is 8.70. The zero-order valence-electron chi connectivity index (χ0n) is 8.70. The van der Waals surface area contributed by atoms with Gasteiger partial charge in [0.2, 0.25) is 0 Å². The Morgan fingerprint density at radius 2 is 2.20 bits per heavy atom. The van der Waals surface area contributed by atoms with Crippen molar-refractivity contribution in [2.24, 2.45) is 0 Å². The minimum Gasteiger partial charge on any atom is -0.487 e. The molecule has 2 rings (SSSR count). The van der Waals surface area contributed by atoms with Gasteiger partial charge in [-0.2, -0.15) is 5.26 Å². The Morgan fingerprint density at radius 3 is 2.87 bits per heavy atom. The molecule has 3 heteroatoms. The first-order valence-corrected chi connectivity index (χ1v) is 4.78. The van der Waals surface area contributed by atoms with Gasteiger partial charge < -0.3 is 4.74 Å². The van der Waals surface area contributed by atoms with Crippen molar-refractivity contribution in [1.82, 2.24) is 0 Å². The number of nitrogens with zero attached hydrogens (tertiary/aromatic N) is 1. The molecule has 0 N–H and O–H groups in total. The molecule has 0 fully saturated rings. The fourth-order valence-corrected chi connectivity index (χ4v) is 1.72. The molecule has 0 unspecified atom stereocenters. The molecule has 0 atom stereocenters. The second-order valence-electron chi connectivity index (χ2n) is 4.28. The lowest BCUT2D eigenvalue weighted by Gasteiger charge is -2.31. The molecule has 1 aliphatic heterocycles. The van der Waals surface area contributed by atoms with Crippen LogP contribution in [0.1, 0.15) is 36.2 Å². The van der Waals surface area contributed by atoms with Gasteiger partial charge in [-0.25, -0.2) is 0 Å². The van der Waals surface area contributed by atoms with E-state index in [1.807, 2.05) is 19.9 Å². The van der Waals surface area contributed by atoms with Gasteiger partial charge >= 0.3 is 0 Å². The summed E-state index contributed by atoms with van der Waals surface area (Å²) in [5.74, 6) is 0.619. The summed E-state index contributed by atoms with van der Waals surface area (Å²) < 4.78 is 5.66. The number of ketones is 1. The van der Waals surface area contributed by atoms with Crippen LogP contribution in [0.15, 0.2) is 18.2 Å². The second kappa shape index (κ2) is 3.09. The van der Waals surface area contributed by atoms with Crippen molar-refractivity contribution in [3.8, 4) is 11.8 Å². The summed E-state index contributed by atoms with van der Waals surface area (Å²) in [4.78, 5) is 11.8. The van der Waals surface area contributed by atoms with Crippen LogP contribution in [0.5, 0.6) is 5.75 Å². The van der Waals surface area contributed by atoms with E-state index < -0.39 is 5.60 Å². The molecule has 0 spiro atoms. The SMILES string of the molecule is CC1(C)CC(=O)c2cc(C#N)ccc2O1. The van der Waals surface area contributed by atoms with Crippen molar-refractivity contribution < 1.29 is 9.53 Å². The lowest BCUT2D eigenvalue weighted by Crippen LogP contribution is -2.35. The Labute approximate surface area is 88.3 Å². The van der Waals surface area contributed by atoms with Gasteiger partial charge in [-0.05, 0) is 32.0 Å². The monoisotopic (exact) mass is 201 g/mol. The number of rotatable bonds is 0. The van der Waals surface area contributed by atoms with Crippen LogP contribution >= 0.6 is 0 Å². The van der Waals surface area contributed by atoms with E-state index in [1.165, 1.54) is 0 Å². The van der Waals surface area contributed by atoms with E-state index in [1.54, 1.807) is 18.2 Å². The number of ether oxygens (including phenoxy) is 1. The number of benzene rings is 1. The third-order valence-electron chi connectivity index (χ3n) is 2.38. The highest BCUT2D eigenvalue weighted by atomic mass is 16.5. The highest BCUT2D eigenvalue weighted by molar-refractivity contribution is 6.00. The Bertz CT molecular complexity index is 469. The number of carbonyl (C=O) groups is 1. The summed E-state index contributed by atoms with van der Waals surface area (Å²) in [7, 11) is 0. The molecule has 15 heavy (non-hydrogen) atoms. The van der Waals surface area contributed by atoms with Gasteiger partial charge in [0.05, 0.1) is 23.6 Å². The van der Waals surface area contributed by atoms with E-state index in [4.69, 9.17) is 10.00 Å². The first-order chi connectivity index (χ1) is 7.02. The fraction of sp³-hybridized carbons (Fsp3) is 0.333. The molecule has 1 aromatic carbocycles. The minimum atomic E-state index is -0.446. The molecule has 1 aliphatic rings. The molecule has 0 aromatic heterocycles. The Hall–Kier alpha value is -1.82. The van der Waals surface area contributed by atoms with Crippen molar-refractivity contribution in [3.63, 3.8) is 0 Å². The van der Waals surface area contributed by atoms with Crippen molar-refractivity contribution in [1.29, 1.82) is 5.26 Å². The van der Waals surface area contributed by atoms with Crippen LogP contribution in [-0.2, 0) is 0 Å². The Morgan fingerprint density at radius 1 is 1.47 bits per heavy atom. The molecule has 1 aromatic rings. The van der Waals surface area contributed by atoms with E-state index >= 15 is 0 Å². The maximum absolute atomic E-state index is 11.8. The molecule has 3 nitrogen and oxygen atoms in total. The van der Waals surface area contributed by atoms with Crippen LogP contribution in [0.25, 0.3) is 0 Å². The number of hydrogen-bond donors (Lipinski definition) is 0. The Balaban J connectivity index is 2.52. The van der Waals surface area contributed by atoms with Crippen LogP contribution in [0.2, 0.25) is 0 Å².